The van der Waals surface area contributed by atoms with Gasteiger partial charge in [0, 0.05) is 32.5 Å². The largest absolute Gasteiger partial charge is 0.456 e. The third-order valence-electron chi connectivity index (χ3n) is 10.2. The van der Waals surface area contributed by atoms with Gasteiger partial charge in [-0.1, -0.05) is 115 Å². The minimum atomic E-state index is 0.661. The average molecular weight is 638 g/mol. The predicted molar refractivity (Wildman–Crippen MR) is 207 cm³/mol. The van der Waals surface area contributed by atoms with Crippen molar-refractivity contribution in [3.05, 3.63) is 164 Å². The van der Waals surface area contributed by atoms with Gasteiger partial charge in [-0.05, 0) is 81.2 Å². The van der Waals surface area contributed by atoms with Crippen LogP contribution in [0.15, 0.2) is 168 Å². The van der Waals surface area contributed by atoms with Crippen molar-refractivity contribution in [2.24, 2.45) is 0 Å². The summed E-state index contributed by atoms with van der Waals surface area (Å²) in [7, 11) is 0. The molecule has 3 aromatic heterocycles. The van der Waals surface area contributed by atoms with Gasteiger partial charge in [0.2, 0.25) is 5.95 Å². The van der Waals surface area contributed by atoms with Crippen molar-refractivity contribution in [2.45, 2.75) is 0 Å². The van der Waals surface area contributed by atoms with E-state index in [0.29, 0.717) is 5.95 Å². The van der Waals surface area contributed by atoms with Crippen LogP contribution in [0.2, 0.25) is 0 Å². The molecule has 0 amide bonds. The molecule has 0 saturated carbocycles. The molecule has 11 rings (SSSR count). The van der Waals surface area contributed by atoms with Crippen molar-refractivity contribution in [1.82, 2.24) is 14.5 Å². The van der Waals surface area contributed by atoms with Crippen molar-refractivity contribution >= 4 is 76.2 Å². The Bertz CT molecular complexity index is 3150. The molecular formula is C46H27N3O. The Kier molecular flexibility index (Phi) is 5.63. The number of hydrogen-bond donors (Lipinski definition) is 0. The molecule has 0 saturated heterocycles. The molecule has 3 heterocycles. The van der Waals surface area contributed by atoms with Crippen molar-refractivity contribution in [3.8, 4) is 28.3 Å². The smallest absolute Gasteiger partial charge is 0.235 e. The van der Waals surface area contributed by atoms with Crippen LogP contribution in [0.5, 0.6) is 0 Å². The minimum absolute atomic E-state index is 0.661. The molecule has 0 aliphatic rings. The highest BCUT2D eigenvalue weighted by Gasteiger charge is 2.19. The van der Waals surface area contributed by atoms with E-state index in [1.54, 1.807) is 0 Å². The maximum atomic E-state index is 6.30. The zero-order valence-corrected chi connectivity index (χ0v) is 26.8. The number of aromatic nitrogens is 3. The van der Waals surface area contributed by atoms with Gasteiger partial charge in [0.15, 0.2) is 0 Å². The molecule has 0 unspecified atom stereocenters. The molecule has 0 N–H and O–H groups in total. The summed E-state index contributed by atoms with van der Waals surface area (Å²) in [4.78, 5) is 10.4. The SMILES string of the molecule is c1ccc(-c2nc(-n3c4ccccc4c4cc(-c5cc6cc7c(cc6c6ccccc56)oc5ccccc57)ccc43)nc3ccccc23)cc1. The zero-order valence-electron chi connectivity index (χ0n) is 26.8. The van der Waals surface area contributed by atoms with Gasteiger partial charge in [-0.15, -0.1) is 0 Å². The molecule has 0 radical (unpaired) electrons. The van der Waals surface area contributed by atoms with E-state index in [0.717, 1.165) is 60.5 Å². The summed E-state index contributed by atoms with van der Waals surface area (Å²) in [6, 6.07) is 57.9. The van der Waals surface area contributed by atoms with E-state index < -0.39 is 0 Å². The molecular weight excluding hydrogens is 611 g/mol. The Balaban J connectivity index is 1.17. The van der Waals surface area contributed by atoms with Gasteiger partial charge >= 0.3 is 0 Å². The van der Waals surface area contributed by atoms with Crippen LogP contribution >= 0.6 is 0 Å². The first-order chi connectivity index (χ1) is 24.8. The van der Waals surface area contributed by atoms with E-state index in [9.17, 15) is 0 Å². The van der Waals surface area contributed by atoms with Crippen molar-refractivity contribution in [3.63, 3.8) is 0 Å². The minimum Gasteiger partial charge on any atom is -0.456 e. The fraction of sp³-hybridized carbons (Fsp3) is 0. The van der Waals surface area contributed by atoms with Crippen molar-refractivity contribution in [1.29, 1.82) is 0 Å². The summed E-state index contributed by atoms with van der Waals surface area (Å²) < 4.78 is 8.51. The van der Waals surface area contributed by atoms with Crippen LogP contribution in [0, 0.1) is 0 Å². The molecule has 0 fully saturated rings. The van der Waals surface area contributed by atoms with Gasteiger partial charge in [0.25, 0.3) is 0 Å². The quantitative estimate of drug-likeness (QED) is 0.181. The number of para-hydroxylation sites is 3. The van der Waals surface area contributed by atoms with Crippen LogP contribution in [0.3, 0.4) is 0 Å². The summed E-state index contributed by atoms with van der Waals surface area (Å²) in [6.07, 6.45) is 0. The van der Waals surface area contributed by atoms with Gasteiger partial charge < -0.3 is 4.42 Å². The molecule has 4 nitrogen and oxygen atoms in total. The van der Waals surface area contributed by atoms with E-state index in [2.05, 4.69) is 144 Å². The summed E-state index contributed by atoms with van der Waals surface area (Å²) in [5.74, 6) is 0.661. The van der Waals surface area contributed by atoms with E-state index in [1.165, 1.54) is 38.1 Å². The van der Waals surface area contributed by atoms with Crippen LogP contribution in [0.25, 0.3) is 105 Å². The second kappa shape index (κ2) is 10.4. The summed E-state index contributed by atoms with van der Waals surface area (Å²) in [5.41, 5.74) is 9.25. The van der Waals surface area contributed by atoms with E-state index >= 15 is 0 Å². The molecule has 0 bridgehead atoms. The Hall–Kier alpha value is -6.78. The van der Waals surface area contributed by atoms with Crippen molar-refractivity contribution in [2.75, 3.05) is 0 Å². The van der Waals surface area contributed by atoms with Crippen LogP contribution in [0.1, 0.15) is 0 Å². The van der Waals surface area contributed by atoms with Crippen LogP contribution in [0.4, 0.5) is 0 Å². The predicted octanol–water partition coefficient (Wildman–Crippen LogP) is 12.3. The molecule has 8 aromatic carbocycles. The first-order valence-corrected chi connectivity index (χ1v) is 16.9. The van der Waals surface area contributed by atoms with Gasteiger partial charge in [-0.2, -0.15) is 0 Å². The monoisotopic (exact) mass is 637 g/mol. The fourth-order valence-electron chi connectivity index (χ4n) is 7.90. The normalized spacial score (nSPS) is 12.0. The lowest BCUT2D eigenvalue weighted by molar-refractivity contribution is 0.669. The molecule has 0 aliphatic carbocycles. The highest BCUT2D eigenvalue weighted by molar-refractivity contribution is 6.20. The number of hydrogen-bond acceptors (Lipinski definition) is 3. The fourth-order valence-corrected chi connectivity index (χ4v) is 7.90. The number of rotatable bonds is 3. The van der Waals surface area contributed by atoms with E-state index in [1.807, 2.05) is 24.3 Å². The second-order valence-corrected chi connectivity index (χ2v) is 13.0. The number of fused-ring (bicyclic) bond motifs is 10. The van der Waals surface area contributed by atoms with Gasteiger partial charge in [0.1, 0.15) is 11.2 Å². The lowest BCUT2D eigenvalue weighted by atomic mass is 9.92. The lowest BCUT2D eigenvalue weighted by Crippen LogP contribution is -2.03. The Labute approximate surface area is 286 Å². The first-order valence-electron chi connectivity index (χ1n) is 16.9. The third-order valence-corrected chi connectivity index (χ3v) is 10.2. The third kappa shape index (κ3) is 3.93. The van der Waals surface area contributed by atoms with Gasteiger partial charge in [0.05, 0.1) is 22.2 Å². The average Bonchev–Trinajstić information content (AvgIpc) is 3.71. The molecule has 0 atom stereocenters. The Morgan fingerprint density at radius 3 is 1.98 bits per heavy atom. The lowest BCUT2D eigenvalue weighted by Gasteiger charge is -2.13. The highest BCUT2D eigenvalue weighted by Crippen LogP contribution is 2.41. The highest BCUT2D eigenvalue weighted by atomic mass is 16.3. The number of nitrogens with zero attached hydrogens (tertiary/aromatic N) is 3. The number of furan rings is 1. The Morgan fingerprint density at radius 1 is 0.400 bits per heavy atom. The molecule has 0 spiro atoms. The van der Waals surface area contributed by atoms with Gasteiger partial charge in [-0.3, -0.25) is 4.57 Å². The summed E-state index contributed by atoms with van der Waals surface area (Å²) in [6.45, 7) is 0. The molecule has 4 heteroatoms. The molecule has 11 aromatic rings. The molecule has 0 aliphatic heterocycles. The molecule has 50 heavy (non-hydrogen) atoms. The van der Waals surface area contributed by atoms with Crippen LogP contribution < -0.4 is 0 Å². The number of benzene rings is 8. The second-order valence-electron chi connectivity index (χ2n) is 13.0. The summed E-state index contributed by atoms with van der Waals surface area (Å²) in [5, 5.41) is 10.4. The van der Waals surface area contributed by atoms with E-state index in [4.69, 9.17) is 14.4 Å². The zero-order chi connectivity index (χ0) is 32.8. The Morgan fingerprint density at radius 2 is 1.10 bits per heavy atom. The van der Waals surface area contributed by atoms with Crippen molar-refractivity contribution < 1.29 is 4.42 Å². The van der Waals surface area contributed by atoms with Gasteiger partial charge in [-0.25, -0.2) is 9.97 Å². The van der Waals surface area contributed by atoms with Crippen LogP contribution in [-0.2, 0) is 0 Å². The maximum Gasteiger partial charge on any atom is 0.235 e. The standard InChI is InChI=1S/C46H27N3O/c1-2-12-28(13-3-1)45-35-18-6-9-19-40(35)47-46(48-45)49-41-20-10-7-16-33(41)38-24-29(22-23-42(38)49)36-25-30-26-39-34-17-8-11-21-43(34)50-44(39)27-37(30)32-15-5-4-14-31(32)36/h1-27H. The maximum absolute atomic E-state index is 6.30. The van der Waals surface area contributed by atoms with Crippen LogP contribution in [-0.4, -0.2) is 14.5 Å². The first kappa shape index (κ1) is 27.2. The topological polar surface area (TPSA) is 43.9 Å². The molecule has 232 valence electrons. The summed E-state index contributed by atoms with van der Waals surface area (Å²) >= 11 is 0. The van der Waals surface area contributed by atoms with E-state index in [-0.39, 0.29) is 0 Å².